The van der Waals surface area contributed by atoms with E-state index in [0.717, 1.165) is 63.6 Å². The van der Waals surface area contributed by atoms with Gasteiger partial charge in [0.15, 0.2) is 5.82 Å². The number of carbonyl (C=O) groups is 1. The van der Waals surface area contributed by atoms with Crippen molar-refractivity contribution in [2.75, 3.05) is 22.9 Å². The van der Waals surface area contributed by atoms with Crippen LogP contribution >= 0.6 is 0 Å². The highest BCUT2D eigenvalue weighted by molar-refractivity contribution is 5.94. The predicted molar refractivity (Wildman–Crippen MR) is 124 cm³/mol. The molecule has 0 atom stereocenters. The number of nitrogens with one attached hydrogen (secondary N) is 2. The van der Waals surface area contributed by atoms with E-state index in [1.165, 1.54) is 24.3 Å². The summed E-state index contributed by atoms with van der Waals surface area (Å²) in [6.07, 6.45) is 3.15. The summed E-state index contributed by atoms with van der Waals surface area (Å²) in [6, 6.07) is 7.54. The third kappa shape index (κ3) is 8.92. The number of hydrogen-bond donors (Lipinski definition) is 4. The quantitative estimate of drug-likeness (QED) is 0.163. The molecular formula is C24H32F4N4O. The van der Waals surface area contributed by atoms with Crippen molar-refractivity contribution in [1.82, 2.24) is 0 Å². The second-order valence-corrected chi connectivity index (χ2v) is 8.00. The first-order valence-electron chi connectivity index (χ1n) is 11.2. The Labute approximate surface area is 191 Å². The molecule has 0 saturated heterocycles. The highest BCUT2D eigenvalue weighted by atomic mass is 19.4. The number of rotatable bonds is 13. The Hall–Kier alpha value is -2.81. The molecule has 0 aromatic heterocycles. The zero-order valence-electron chi connectivity index (χ0n) is 18.6. The predicted octanol–water partition coefficient (Wildman–Crippen LogP) is 6.06. The van der Waals surface area contributed by atoms with E-state index in [2.05, 4.69) is 10.6 Å². The molecule has 0 unspecified atom stereocenters. The Morgan fingerprint density at radius 2 is 1.42 bits per heavy atom. The van der Waals surface area contributed by atoms with Crippen LogP contribution in [0.25, 0.3) is 0 Å². The van der Waals surface area contributed by atoms with Crippen LogP contribution in [0.5, 0.6) is 0 Å². The Balaban J connectivity index is 1.80. The van der Waals surface area contributed by atoms with Crippen LogP contribution in [0.15, 0.2) is 36.4 Å². The van der Waals surface area contributed by atoms with Gasteiger partial charge in [-0.1, -0.05) is 44.2 Å². The Kier molecular flexibility index (Phi) is 10.4. The van der Waals surface area contributed by atoms with Crippen LogP contribution in [0.3, 0.4) is 0 Å². The zero-order chi connectivity index (χ0) is 24.3. The molecule has 0 aliphatic carbocycles. The van der Waals surface area contributed by atoms with E-state index in [0.29, 0.717) is 12.0 Å². The van der Waals surface area contributed by atoms with Crippen LogP contribution in [-0.4, -0.2) is 12.5 Å². The first-order chi connectivity index (χ1) is 15.7. The van der Waals surface area contributed by atoms with Gasteiger partial charge in [-0.15, -0.1) is 0 Å². The smallest absolute Gasteiger partial charge is 0.395 e. The van der Waals surface area contributed by atoms with Gasteiger partial charge in [0.1, 0.15) is 0 Å². The average Bonchev–Trinajstić information content (AvgIpc) is 2.78. The van der Waals surface area contributed by atoms with Crippen LogP contribution in [0.1, 0.15) is 62.5 Å². The van der Waals surface area contributed by atoms with Gasteiger partial charge in [0.2, 0.25) is 5.91 Å². The number of carbonyl (C=O) groups excluding carboxylic acids is 1. The summed E-state index contributed by atoms with van der Waals surface area (Å²) < 4.78 is 52.5. The minimum Gasteiger partial charge on any atom is -0.395 e. The fraction of sp³-hybridized carbons (Fsp3) is 0.458. The minimum atomic E-state index is -4.41. The van der Waals surface area contributed by atoms with Crippen molar-refractivity contribution in [3.05, 3.63) is 53.3 Å². The number of nitrogen functional groups attached to an aromatic ring is 1. The number of unbranched alkanes of at least 4 members (excludes halogenated alkanes) is 6. The molecule has 9 heteroatoms. The second-order valence-electron chi connectivity index (χ2n) is 8.00. The van der Waals surface area contributed by atoms with Crippen molar-refractivity contribution in [2.24, 2.45) is 5.73 Å². The Morgan fingerprint density at radius 1 is 0.848 bits per heavy atom. The largest absolute Gasteiger partial charge is 0.416 e. The van der Waals surface area contributed by atoms with E-state index in [-0.39, 0.29) is 29.5 Å². The van der Waals surface area contributed by atoms with Gasteiger partial charge in [-0.2, -0.15) is 13.2 Å². The summed E-state index contributed by atoms with van der Waals surface area (Å²) in [5.74, 6) is -0.952. The fourth-order valence-corrected chi connectivity index (χ4v) is 3.37. The molecule has 0 fully saturated rings. The molecule has 2 rings (SSSR count). The molecule has 0 spiro atoms. The van der Waals surface area contributed by atoms with Crippen LogP contribution in [-0.2, 0) is 17.5 Å². The molecular weight excluding hydrogens is 436 g/mol. The number of anilines is 3. The first-order valence-corrected chi connectivity index (χ1v) is 11.2. The number of benzene rings is 2. The van der Waals surface area contributed by atoms with E-state index < -0.39 is 17.6 Å². The lowest BCUT2D eigenvalue weighted by molar-refractivity contribution is -0.137. The van der Waals surface area contributed by atoms with Gasteiger partial charge >= 0.3 is 6.18 Å². The molecule has 0 radical (unpaired) electrons. The van der Waals surface area contributed by atoms with Gasteiger partial charge in [-0.3, -0.25) is 4.79 Å². The average molecular weight is 469 g/mol. The van der Waals surface area contributed by atoms with E-state index in [9.17, 15) is 22.4 Å². The molecule has 5 nitrogen and oxygen atoms in total. The van der Waals surface area contributed by atoms with E-state index in [4.69, 9.17) is 11.5 Å². The molecule has 0 heterocycles. The highest BCUT2D eigenvalue weighted by Crippen LogP contribution is 2.30. The monoisotopic (exact) mass is 468 g/mol. The second kappa shape index (κ2) is 13.0. The van der Waals surface area contributed by atoms with Gasteiger partial charge in [-0.05, 0) is 49.2 Å². The number of amides is 1. The maximum absolute atomic E-state index is 14.6. The van der Waals surface area contributed by atoms with Crippen LogP contribution in [0.2, 0.25) is 0 Å². The molecule has 0 aliphatic rings. The van der Waals surface area contributed by atoms with Crippen molar-refractivity contribution in [3.8, 4) is 0 Å². The van der Waals surface area contributed by atoms with Crippen molar-refractivity contribution >= 4 is 23.0 Å². The van der Waals surface area contributed by atoms with Gasteiger partial charge in [0.05, 0.1) is 22.6 Å². The lowest BCUT2D eigenvalue weighted by Gasteiger charge is -2.14. The SMILES string of the molecule is NCCCCCCCCCC(=O)Nc1ccc(NCc2ccc(C(F)(F)F)cc2)c(F)c1N. The fourth-order valence-electron chi connectivity index (χ4n) is 3.37. The standard InChI is InChI=1S/C24H32F4N4O/c25-22-19(31-16-17-9-11-18(12-10-17)24(26,27)28)13-14-20(23(22)30)32-21(33)8-6-4-2-1-3-5-7-15-29/h9-14,31H,1-8,15-16,29-30H2,(H,32,33). The van der Waals surface area contributed by atoms with Crippen LogP contribution in [0.4, 0.5) is 34.6 Å². The normalized spacial score (nSPS) is 11.4. The molecule has 0 aliphatic heterocycles. The summed E-state index contributed by atoms with van der Waals surface area (Å²) in [7, 11) is 0. The van der Waals surface area contributed by atoms with Gasteiger partial charge in [0.25, 0.3) is 0 Å². The molecule has 182 valence electrons. The molecule has 1 amide bonds. The summed E-state index contributed by atoms with van der Waals surface area (Å²) >= 11 is 0. The van der Waals surface area contributed by atoms with Gasteiger partial charge in [0, 0.05) is 13.0 Å². The van der Waals surface area contributed by atoms with Crippen molar-refractivity contribution in [2.45, 2.75) is 64.1 Å². The molecule has 2 aromatic rings. The zero-order valence-corrected chi connectivity index (χ0v) is 18.6. The van der Waals surface area contributed by atoms with Crippen molar-refractivity contribution in [1.29, 1.82) is 0 Å². The number of nitrogens with two attached hydrogens (primary N) is 2. The minimum absolute atomic E-state index is 0.0973. The number of hydrogen-bond acceptors (Lipinski definition) is 4. The summed E-state index contributed by atoms with van der Waals surface area (Å²) in [5, 5.41) is 5.46. The summed E-state index contributed by atoms with van der Waals surface area (Å²) in [5.41, 5.74) is 11.2. The van der Waals surface area contributed by atoms with E-state index in [1.807, 2.05) is 0 Å². The highest BCUT2D eigenvalue weighted by Gasteiger charge is 2.29. The van der Waals surface area contributed by atoms with Crippen LogP contribution < -0.4 is 22.1 Å². The topological polar surface area (TPSA) is 93.2 Å². The maximum atomic E-state index is 14.6. The van der Waals surface area contributed by atoms with E-state index >= 15 is 0 Å². The molecule has 33 heavy (non-hydrogen) atoms. The third-order valence-electron chi connectivity index (χ3n) is 5.33. The Morgan fingerprint density at radius 3 is 2.03 bits per heavy atom. The lowest BCUT2D eigenvalue weighted by Crippen LogP contribution is -2.14. The summed E-state index contributed by atoms with van der Waals surface area (Å²) in [4.78, 5) is 12.1. The lowest BCUT2D eigenvalue weighted by atomic mass is 10.1. The third-order valence-corrected chi connectivity index (χ3v) is 5.33. The number of alkyl halides is 3. The molecule has 0 saturated carbocycles. The number of halogens is 4. The van der Waals surface area contributed by atoms with Crippen LogP contribution in [0, 0.1) is 5.82 Å². The summed E-state index contributed by atoms with van der Waals surface area (Å²) in [6.45, 7) is 0.840. The Bertz CT molecular complexity index is 885. The van der Waals surface area contributed by atoms with Crippen molar-refractivity contribution < 1.29 is 22.4 Å². The molecule has 6 N–H and O–H groups in total. The van der Waals surface area contributed by atoms with Gasteiger partial charge < -0.3 is 22.1 Å². The maximum Gasteiger partial charge on any atom is 0.416 e. The van der Waals surface area contributed by atoms with Gasteiger partial charge in [-0.25, -0.2) is 4.39 Å². The molecule has 0 bridgehead atoms. The molecule has 2 aromatic carbocycles. The van der Waals surface area contributed by atoms with E-state index in [1.54, 1.807) is 0 Å². The van der Waals surface area contributed by atoms with Crippen molar-refractivity contribution in [3.63, 3.8) is 0 Å². The first kappa shape index (κ1) is 26.4.